The lowest BCUT2D eigenvalue weighted by Crippen LogP contribution is -2.13. The maximum Gasteiger partial charge on any atom is 0.255 e. The Morgan fingerprint density at radius 1 is 1.23 bits per heavy atom. The molecular formula is C19H20ClNO4S. The highest BCUT2D eigenvalue weighted by Crippen LogP contribution is 2.29. The van der Waals surface area contributed by atoms with Crippen molar-refractivity contribution in [3.8, 4) is 0 Å². The SMILES string of the molecule is CS(=O)(=O)c1cc(C(=O)Nc2cccc(COCC3CC3)c2)ccc1Cl. The summed E-state index contributed by atoms with van der Waals surface area (Å²) in [7, 11) is -3.51. The second-order valence-electron chi connectivity index (χ2n) is 6.53. The van der Waals surface area contributed by atoms with E-state index in [0.717, 1.165) is 18.4 Å². The molecule has 26 heavy (non-hydrogen) atoms. The van der Waals surface area contributed by atoms with E-state index in [1.165, 1.54) is 31.0 Å². The zero-order chi connectivity index (χ0) is 18.7. The first-order valence-corrected chi connectivity index (χ1v) is 10.6. The predicted octanol–water partition coefficient (Wildman–Crippen LogP) is 3.92. The summed E-state index contributed by atoms with van der Waals surface area (Å²) >= 11 is 5.92. The number of nitrogens with one attached hydrogen (secondary N) is 1. The average Bonchev–Trinajstić information content (AvgIpc) is 3.39. The van der Waals surface area contributed by atoms with Crippen LogP contribution in [0.3, 0.4) is 0 Å². The van der Waals surface area contributed by atoms with Gasteiger partial charge in [0.2, 0.25) is 0 Å². The van der Waals surface area contributed by atoms with E-state index >= 15 is 0 Å². The molecule has 5 nitrogen and oxygen atoms in total. The average molecular weight is 394 g/mol. The molecule has 138 valence electrons. The van der Waals surface area contributed by atoms with Gasteiger partial charge in [-0.2, -0.15) is 0 Å². The molecule has 7 heteroatoms. The van der Waals surface area contributed by atoms with Gasteiger partial charge in [-0.25, -0.2) is 8.42 Å². The van der Waals surface area contributed by atoms with E-state index in [1.54, 1.807) is 6.07 Å². The molecule has 0 atom stereocenters. The van der Waals surface area contributed by atoms with Crippen molar-refractivity contribution >= 4 is 33.0 Å². The van der Waals surface area contributed by atoms with Gasteiger partial charge in [0, 0.05) is 24.1 Å². The number of hydrogen-bond acceptors (Lipinski definition) is 4. The molecule has 0 bridgehead atoms. The Labute approximate surface area is 158 Å². The minimum Gasteiger partial charge on any atom is -0.376 e. The number of sulfone groups is 1. The summed E-state index contributed by atoms with van der Waals surface area (Å²) in [6.45, 7) is 1.27. The summed E-state index contributed by atoms with van der Waals surface area (Å²) in [4.78, 5) is 12.4. The molecule has 3 rings (SSSR count). The Morgan fingerprint density at radius 3 is 2.69 bits per heavy atom. The lowest BCUT2D eigenvalue weighted by molar-refractivity contribution is 0.102. The molecule has 0 heterocycles. The van der Waals surface area contributed by atoms with Gasteiger partial charge >= 0.3 is 0 Å². The van der Waals surface area contributed by atoms with E-state index < -0.39 is 15.7 Å². The zero-order valence-electron chi connectivity index (χ0n) is 14.4. The molecule has 1 fully saturated rings. The molecule has 1 aliphatic carbocycles. The van der Waals surface area contributed by atoms with Gasteiger partial charge in [-0.15, -0.1) is 0 Å². The van der Waals surface area contributed by atoms with Crippen molar-refractivity contribution in [2.75, 3.05) is 18.2 Å². The molecule has 2 aromatic rings. The first-order chi connectivity index (χ1) is 12.3. The second-order valence-corrected chi connectivity index (χ2v) is 8.92. The molecular weight excluding hydrogens is 374 g/mol. The topological polar surface area (TPSA) is 72.5 Å². The highest BCUT2D eigenvalue weighted by atomic mass is 35.5. The van der Waals surface area contributed by atoms with Crippen LogP contribution in [0.15, 0.2) is 47.4 Å². The van der Waals surface area contributed by atoms with Crippen LogP contribution in [0, 0.1) is 5.92 Å². The normalized spacial score (nSPS) is 14.2. The number of carbonyl (C=O) groups is 1. The molecule has 2 aromatic carbocycles. The predicted molar refractivity (Wildman–Crippen MR) is 101 cm³/mol. The molecule has 1 aliphatic rings. The minimum atomic E-state index is -3.51. The first-order valence-electron chi connectivity index (χ1n) is 8.30. The van der Waals surface area contributed by atoms with Crippen LogP contribution >= 0.6 is 11.6 Å². The monoisotopic (exact) mass is 393 g/mol. The highest BCUT2D eigenvalue weighted by molar-refractivity contribution is 7.90. The third-order valence-corrected chi connectivity index (χ3v) is 5.68. The molecule has 1 amide bonds. The van der Waals surface area contributed by atoms with Crippen molar-refractivity contribution in [1.82, 2.24) is 0 Å². The summed E-state index contributed by atoms with van der Waals surface area (Å²) < 4.78 is 29.2. The van der Waals surface area contributed by atoms with Crippen molar-refractivity contribution in [2.45, 2.75) is 24.3 Å². The molecule has 1 saturated carbocycles. The van der Waals surface area contributed by atoms with Gasteiger partial charge < -0.3 is 10.1 Å². The minimum absolute atomic E-state index is 0.0611. The van der Waals surface area contributed by atoms with Gasteiger partial charge in [0.15, 0.2) is 9.84 Å². The first kappa shape index (κ1) is 18.9. The third kappa shape index (κ3) is 5.06. The van der Waals surface area contributed by atoms with Gasteiger partial charge in [0.05, 0.1) is 16.5 Å². The molecule has 0 aliphatic heterocycles. The van der Waals surface area contributed by atoms with Crippen LogP contribution in [-0.2, 0) is 21.2 Å². The van der Waals surface area contributed by atoms with Crippen molar-refractivity contribution in [1.29, 1.82) is 0 Å². The van der Waals surface area contributed by atoms with Gasteiger partial charge in [-0.1, -0.05) is 23.7 Å². The van der Waals surface area contributed by atoms with E-state index in [-0.39, 0.29) is 15.5 Å². The fraction of sp³-hybridized carbons (Fsp3) is 0.316. The van der Waals surface area contributed by atoms with E-state index in [4.69, 9.17) is 16.3 Å². The van der Waals surface area contributed by atoms with Crippen LogP contribution in [0.1, 0.15) is 28.8 Å². The fourth-order valence-corrected chi connectivity index (χ4v) is 3.80. The van der Waals surface area contributed by atoms with E-state index in [0.29, 0.717) is 18.2 Å². The summed E-state index contributed by atoms with van der Waals surface area (Å²) in [6.07, 6.45) is 3.54. The number of amides is 1. The van der Waals surface area contributed by atoms with Gasteiger partial charge in [0.25, 0.3) is 5.91 Å². The molecule has 0 saturated heterocycles. The van der Waals surface area contributed by atoms with Crippen LogP contribution < -0.4 is 5.32 Å². The largest absolute Gasteiger partial charge is 0.376 e. The van der Waals surface area contributed by atoms with Gasteiger partial charge in [-0.3, -0.25) is 4.79 Å². The number of rotatable bonds is 7. The molecule has 0 unspecified atom stereocenters. The molecule has 0 radical (unpaired) electrons. The molecule has 1 N–H and O–H groups in total. The summed E-state index contributed by atoms with van der Waals surface area (Å²) in [5.74, 6) is 0.300. The number of halogens is 1. The van der Waals surface area contributed by atoms with Crippen molar-refractivity contribution in [2.24, 2.45) is 5.92 Å². The smallest absolute Gasteiger partial charge is 0.255 e. The number of hydrogen-bond donors (Lipinski definition) is 1. The number of anilines is 1. The van der Waals surface area contributed by atoms with Crippen LogP contribution in [-0.4, -0.2) is 27.2 Å². The summed E-state index contributed by atoms with van der Waals surface area (Å²) in [5, 5.41) is 2.87. The van der Waals surface area contributed by atoms with Crippen molar-refractivity contribution in [3.63, 3.8) is 0 Å². The standard InChI is InChI=1S/C19H20ClNO4S/c1-26(23,24)18-10-15(7-8-17(18)20)19(22)21-16-4-2-3-14(9-16)12-25-11-13-5-6-13/h2-4,7-10,13H,5-6,11-12H2,1H3,(H,21,22). The second kappa shape index (κ2) is 7.78. The highest BCUT2D eigenvalue weighted by Gasteiger charge is 2.21. The summed E-state index contributed by atoms with van der Waals surface area (Å²) in [6, 6.07) is 11.6. The van der Waals surface area contributed by atoms with Gasteiger partial charge in [0.1, 0.15) is 0 Å². The van der Waals surface area contributed by atoms with Crippen molar-refractivity contribution < 1.29 is 17.9 Å². The Bertz CT molecular complexity index is 923. The zero-order valence-corrected chi connectivity index (χ0v) is 15.9. The van der Waals surface area contributed by atoms with E-state index in [9.17, 15) is 13.2 Å². The Kier molecular flexibility index (Phi) is 5.65. The quantitative estimate of drug-likeness (QED) is 0.773. The number of benzene rings is 2. The lowest BCUT2D eigenvalue weighted by atomic mass is 10.2. The van der Waals surface area contributed by atoms with Crippen LogP contribution in [0.25, 0.3) is 0 Å². The van der Waals surface area contributed by atoms with Crippen LogP contribution in [0.5, 0.6) is 0 Å². The summed E-state index contributed by atoms with van der Waals surface area (Å²) in [5.41, 5.74) is 1.82. The number of ether oxygens (including phenoxy) is 1. The Balaban J connectivity index is 1.69. The maximum absolute atomic E-state index is 12.4. The number of carbonyl (C=O) groups excluding carboxylic acids is 1. The molecule has 0 aromatic heterocycles. The third-order valence-electron chi connectivity index (χ3n) is 4.10. The molecule has 0 spiro atoms. The Hall–Kier alpha value is -1.89. The van der Waals surface area contributed by atoms with E-state index in [1.807, 2.05) is 18.2 Å². The lowest BCUT2D eigenvalue weighted by Gasteiger charge is -2.09. The van der Waals surface area contributed by atoms with E-state index in [2.05, 4.69) is 5.32 Å². The fourth-order valence-electron chi connectivity index (χ4n) is 2.50. The Morgan fingerprint density at radius 2 is 2.00 bits per heavy atom. The van der Waals surface area contributed by atoms with Crippen LogP contribution in [0.2, 0.25) is 5.02 Å². The maximum atomic E-state index is 12.4. The van der Waals surface area contributed by atoms with Crippen LogP contribution in [0.4, 0.5) is 5.69 Å². The van der Waals surface area contributed by atoms with Gasteiger partial charge in [-0.05, 0) is 54.7 Å². The van der Waals surface area contributed by atoms with Crippen molar-refractivity contribution in [3.05, 3.63) is 58.6 Å².